The van der Waals surface area contributed by atoms with Crippen LogP contribution in [0.25, 0.3) is 11.4 Å². The van der Waals surface area contributed by atoms with Gasteiger partial charge in [-0.25, -0.2) is 13.8 Å². The van der Waals surface area contributed by atoms with Crippen LogP contribution in [0.15, 0.2) is 48.8 Å². The van der Waals surface area contributed by atoms with Gasteiger partial charge in [-0.05, 0) is 12.1 Å². The fourth-order valence-corrected chi connectivity index (χ4v) is 2.16. The fraction of sp³-hybridized carbons (Fsp3) is 0.0625. The maximum absolute atomic E-state index is 13.6. The first-order valence-corrected chi connectivity index (χ1v) is 6.82. The van der Waals surface area contributed by atoms with E-state index in [-0.39, 0.29) is 18.0 Å². The van der Waals surface area contributed by atoms with E-state index >= 15 is 0 Å². The van der Waals surface area contributed by atoms with Crippen molar-refractivity contribution in [2.75, 3.05) is 0 Å². The van der Waals surface area contributed by atoms with Gasteiger partial charge in [0.2, 0.25) is 0 Å². The van der Waals surface area contributed by atoms with Crippen molar-refractivity contribution in [1.29, 1.82) is 0 Å². The maximum Gasteiger partial charge on any atom is 0.252 e. The van der Waals surface area contributed by atoms with Gasteiger partial charge in [-0.15, -0.1) is 0 Å². The van der Waals surface area contributed by atoms with Crippen molar-refractivity contribution >= 4 is 5.91 Å². The highest BCUT2D eigenvalue weighted by molar-refractivity contribution is 6.00. The third-order valence-corrected chi connectivity index (χ3v) is 3.30. The topological polar surface area (TPSA) is 70.7 Å². The molecule has 0 fully saturated rings. The van der Waals surface area contributed by atoms with Crippen molar-refractivity contribution in [1.82, 2.24) is 20.5 Å². The molecule has 1 heterocycles. The number of hydrogen-bond acceptors (Lipinski definition) is 3. The normalized spacial score (nSPS) is 10.5. The number of amides is 1. The first kappa shape index (κ1) is 14.8. The molecule has 3 aromatic rings. The van der Waals surface area contributed by atoms with Gasteiger partial charge in [-0.2, -0.15) is 5.10 Å². The van der Waals surface area contributed by atoms with Crippen molar-refractivity contribution in [3.63, 3.8) is 0 Å². The molecule has 1 amide bonds. The number of nitrogens with one attached hydrogen (secondary N) is 2. The number of H-pyrrole nitrogens is 1. The Morgan fingerprint density at radius 1 is 1.17 bits per heavy atom. The van der Waals surface area contributed by atoms with E-state index in [4.69, 9.17) is 0 Å². The molecule has 0 saturated carbocycles. The quantitative estimate of drug-likeness (QED) is 0.778. The maximum atomic E-state index is 13.6. The van der Waals surface area contributed by atoms with Gasteiger partial charge in [-0.3, -0.25) is 9.89 Å². The second kappa shape index (κ2) is 6.35. The molecule has 0 saturated heterocycles. The minimum Gasteiger partial charge on any atom is -0.348 e. The number of halogens is 2. The van der Waals surface area contributed by atoms with E-state index in [1.165, 1.54) is 12.4 Å². The van der Waals surface area contributed by atoms with E-state index in [1.807, 2.05) is 0 Å². The van der Waals surface area contributed by atoms with E-state index in [0.29, 0.717) is 17.0 Å². The van der Waals surface area contributed by atoms with Gasteiger partial charge in [-0.1, -0.05) is 24.3 Å². The number of hydrogen-bond donors (Lipinski definition) is 2. The van der Waals surface area contributed by atoms with Crippen LogP contribution in [0.2, 0.25) is 0 Å². The van der Waals surface area contributed by atoms with Gasteiger partial charge in [0, 0.05) is 23.7 Å². The molecular formula is C16H12F2N4O. The lowest BCUT2D eigenvalue weighted by Gasteiger charge is -2.09. The molecule has 0 aliphatic heterocycles. The lowest BCUT2D eigenvalue weighted by molar-refractivity contribution is 0.0951. The highest BCUT2D eigenvalue weighted by Crippen LogP contribution is 2.19. The minimum atomic E-state index is -0.700. The average molecular weight is 314 g/mol. The molecule has 23 heavy (non-hydrogen) atoms. The van der Waals surface area contributed by atoms with E-state index in [0.717, 1.165) is 12.1 Å². The minimum absolute atomic E-state index is 0.0459. The fourth-order valence-electron chi connectivity index (χ4n) is 2.16. The number of benzene rings is 2. The van der Waals surface area contributed by atoms with Crippen LogP contribution in [0.4, 0.5) is 8.78 Å². The van der Waals surface area contributed by atoms with Gasteiger partial charge in [0.1, 0.15) is 18.0 Å². The molecule has 2 aromatic carbocycles. The summed E-state index contributed by atoms with van der Waals surface area (Å²) >= 11 is 0. The van der Waals surface area contributed by atoms with Crippen LogP contribution in [-0.4, -0.2) is 21.1 Å². The molecule has 7 heteroatoms. The van der Waals surface area contributed by atoms with E-state index in [1.54, 1.807) is 24.3 Å². The van der Waals surface area contributed by atoms with Crippen molar-refractivity contribution in [3.8, 4) is 11.4 Å². The van der Waals surface area contributed by atoms with Gasteiger partial charge < -0.3 is 5.32 Å². The average Bonchev–Trinajstić information content (AvgIpc) is 3.08. The highest BCUT2D eigenvalue weighted by atomic mass is 19.1. The molecule has 1 aromatic heterocycles. The Labute approximate surface area is 130 Å². The van der Waals surface area contributed by atoms with E-state index in [9.17, 15) is 13.6 Å². The Morgan fingerprint density at radius 3 is 2.74 bits per heavy atom. The predicted octanol–water partition coefficient (Wildman–Crippen LogP) is 2.68. The van der Waals surface area contributed by atoms with Crippen LogP contribution < -0.4 is 5.32 Å². The molecule has 0 spiro atoms. The van der Waals surface area contributed by atoms with E-state index < -0.39 is 11.6 Å². The molecule has 0 aliphatic rings. The lowest BCUT2D eigenvalue weighted by atomic mass is 10.1. The molecule has 0 atom stereocenters. The standard InChI is InChI=1S/C16H12F2N4O/c17-11-6-5-10(14(18)7-11)8-19-16(23)13-4-2-1-3-12(13)15-20-9-21-22-15/h1-7,9H,8H2,(H,19,23)(H,20,21,22). The second-order valence-electron chi connectivity index (χ2n) is 4.80. The summed E-state index contributed by atoms with van der Waals surface area (Å²) in [5, 5.41) is 9.07. The molecule has 0 unspecified atom stereocenters. The van der Waals surface area contributed by atoms with Gasteiger partial charge >= 0.3 is 0 Å². The third-order valence-electron chi connectivity index (χ3n) is 3.30. The summed E-state index contributed by atoms with van der Waals surface area (Å²) in [6.07, 6.45) is 1.35. The number of carbonyl (C=O) groups is 1. The lowest BCUT2D eigenvalue weighted by Crippen LogP contribution is -2.24. The zero-order valence-corrected chi connectivity index (χ0v) is 11.9. The number of nitrogens with zero attached hydrogens (tertiary/aromatic N) is 2. The summed E-state index contributed by atoms with van der Waals surface area (Å²) in [4.78, 5) is 16.4. The first-order valence-electron chi connectivity index (χ1n) is 6.82. The zero-order valence-electron chi connectivity index (χ0n) is 11.9. The van der Waals surface area contributed by atoms with Crippen LogP contribution >= 0.6 is 0 Å². The van der Waals surface area contributed by atoms with Crippen LogP contribution in [0.3, 0.4) is 0 Å². The Kier molecular flexibility index (Phi) is 4.09. The largest absolute Gasteiger partial charge is 0.348 e. The summed E-state index contributed by atoms with van der Waals surface area (Å²) in [6.45, 7) is -0.0459. The van der Waals surface area contributed by atoms with Crippen LogP contribution in [0, 0.1) is 11.6 Å². The molecule has 0 bridgehead atoms. The summed E-state index contributed by atoms with van der Waals surface area (Å²) < 4.78 is 26.5. The smallest absolute Gasteiger partial charge is 0.252 e. The van der Waals surface area contributed by atoms with Gasteiger partial charge in [0.05, 0.1) is 5.56 Å². The Morgan fingerprint density at radius 2 is 2.00 bits per heavy atom. The second-order valence-corrected chi connectivity index (χ2v) is 4.80. The molecule has 2 N–H and O–H groups in total. The monoisotopic (exact) mass is 314 g/mol. The molecule has 0 radical (unpaired) electrons. The number of aromatic amines is 1. The Bertz CT molecular complexity index is 834. The summed E-state index contributed by atoms with van der Waals surface area (Å²) in [6, 6.07) is 10.1. The number of carbonyl (C=O) groups excluding carboxylic acids is 1. The molecule has 3 rings (SSSR count). The predicted molar refractivity (Wildman–Crippen MR) is 79.3 cm³/mol. The molecule has 0 aliphatic carbocycles. The Balaban J connectivity index is 1.79. The SMILES string of the molecule is O=C(NCc1ccc(F)cc1F)c1ccccc1-c1ncn[nH]1. The summed E-state index contributed by atoms with van der Waals surface area (Å²) in [5.74, 6) is -1.29. The Hall–Kier alpha value is -3.09. The molecule has 116 valence electrons. The van der Waals surface area contributed by atoms with Crippen molar-refractivity contribution in [2.45, 2.75) is 6.54 Å². The first-order chi connectivity index (χ1) is 11.1. The number of rotatable bonds is 4. The van der Waals surface area contributed by atoms with Gasteiger partial charge in [0.15, 0.2) is 5.82 Å². The van der Waals surface area contributed by atoms with Crippen LogP contribution in [0.5, 0.6) is 0 Å². The van der Waals surface area contributed by atoms with Crippen LogP contribution in [-0.2, 0) is 6.54 Å². The summed E-state index contributed by atoms with van der Waals surface area (Å²) in [5.41, 5.74) is 1.17. The highest BCUT2D eigenvalue weighted by Gasteiger charge is 2.14. The van der Waals surface area contributed by atoms with Crippen molar-refractivity contribution < 1.29 is 13.6 Å². The van der Waals surface area contributed by atoms with E-state index in [2.05, 4.69) is 20.5 Å². The summed E-state index contributed by atoms with van der Waals surface area (Å²) in [7, 11) is 0. The number of aromatic nitrogens is 3. The zero-order chi connectivity index (χ0) is 16.2. The van der Waals surface area contributed by atoms with Crippen molar-refractivity contribution in [3.05, 3.63) is 71.6 Å². The third kappa shape index (κ3) is 3.23. The molecular weight excluding hydrogens is 302 g/mol. The van der Waals surface area contributed by atoms with Gasteiger partial charge in [0.25, 0.3) is 5.91 Å². The van der Waals surface area contributed by atoms with Crippen molar-refractivity contribution in [2.24, 2.45) is 0 Å². The molecule has 5 nitrogen and oxygen atoms in total. The van der Waals surface area contributed by atoms with Crippen LogP contribution in [0.1, 0.15) is 15.9 Å².